The minimum atomic E-state index is -1.38. The Morgan fingerprint density at radius 1 is 0.750 bits per heavy atom. The Bertz CT molecular complexity index is 1270. The second kappa shape index (κ2) is 9.54. The van der Waals surface area contributed by atoms with Gasteiger partial charge >= 0.3 is 29.8 Å². The summed E-state index contributed by atoms with van der Waals surface area (Å²) in [4.78, 5) is 59.6. The first-order valence-corrected chi connectivity index (χ1v) is 11.6. The molecule has 0 amide bonds. The van der Waals surface area contributed by atoms with Gasteiger partial charge in [0, 0.05) is 5.56 Å². The summed E-state index contributed by atoms with van der Waals surface area (Å²) < 4.78 is 20.1. The third kappa shape index (κ3) is 4.59. The summed E-state index contributed by atoms with van der Waals surface area (Å²) in [5.74, 6) is -2.92. The van der Waals surface area contributed by atoms with E-state index in [0.29, 0.717) is 0 Å². The molecule has 2 aromatic carbocycles. The first kappa shape index (κ1) is 23.7. The van der Waals surface area contributed by atoms with E-state index in [0.717, 1.165) is 25.7 Å². The maximum atomic E-state index is 12.4. The van der Waals surface area contributed by atoms with Gasteiger partial charge in [-0.15, -0.1) is 0 Å². The van der Waals surface area contributed by atoms with Gasteiger partial charge < -0.3 is 24.1 Å². The molecule has 0 radical (unpaired) electrons. The molecule has 1 aliphatic carbocycles. The maximum absolute atomic E-state index is 12.4. The van der Waals surface area contributed by atoms with Crippen LogP contribution in [0.2, 0.25) is 0 Å². The summed E-state index contributed by atoms with van der Waals surface area (Å²) in [5, 5.41) is 9.76. The van der Waals surface area contributed by atoms with E-state index in [2.05, 4.69) is 4.74 Å². The minimum absolute atomic E-state index is 0.0578. The number of cyclic esters (lactones) is 3. The summed E-state index contributed by atoms with van der Waals surface area (Å²) in [7, 11) is 0. The lowest BCUT2D eigenvalue weighted by atomic mass is 9.83. The molecular formula is C26H22O10. The number of carbonyl (C=O) groups excluding carboxylic acids is 5. The zero-order chi connectivity index (χ0) is 25.4. The summed E-state index contributed by atoms with van der Waals surface area (Å²) >= 11 is 0. The van der Waals surface area contributed by atoms with Crippen molar-refractivity contribution in [2.75, 3.05) is 13.2 Å². The van der Waals surface area contributed by atoms with Crippen LogP contribution in [0.15, 0.2) is 36.4 Å². The SMILES string of the molecule is O=C(OCC1CCC(COC(=O)c2ccc3c(c2)C(O)OC3=O)CC1)c1ccc2c(c1)C(=O)OC2=O. The number of aliphatic hydroxyl groups is 1. The number of aliphatic hydroxyl groups excluding tert-OH is 1. The van der Waals surface area contributed by atoms with Gasteiger partial charge in [-0.3, -0.25) is 0 Å². The van der Waals surface area contributed by atoms with E-state index in [4.69, 9.17) is 14.2 Å². The predicted molar refractivity (Wildman–Crippen MR) is 119 cm³/mol. The van der Waals surface area contributed by atoms with Crippen molar-refractivity contribution in [3.8, 4) is 0 Å². The Morgan fingerprint density at radius 2 is 1.28 bits per heavy atom. The Morgan fingerprint density at radius 3 is 1.89 bits per heavy atom. The smallest absolute Gasteiger partial charge is 0.346 e. The van der Waals surface area contributed by atoms with Gasteiger partial charge in [-0.05, 0) is 73.9 Å². The number of hydrogen-bond acceptors (Lipinski definition) is 10. The largest absolute Gasteiger partial charge is 0.462 e. The number of rotatable bonds is 6. The average Bonchev–Trinajstić information content (AvgIpc) is 3.34. The molecule has 2 heterocycles. The van der Waals surface area contributed by atoms with Crippen LogP contribution in [-0.2, 0) is 18.9 Å². The van der Waals surface area contributed by atoms with Gasteiger partial charge in [0.05, 0.1) is 41.0 Å². The Balaban J connectivity index is 1.06. The fourth-order valence-electron chi connectivity index (χ4n) is 4.64. The molecule has 0 spiro atoms. The maximum Gasteiger partial charge on any atom is 0.346 e. The minimum Gasteiger partial charge on any atom is -0.462 e. The summed E-state index contributed by atoms with van der Waals surface area (Å²) in [6.45, 7) is 0.467. The van der Waals surface area contributed by atoms with Gasteiger partial charge in [0.25, 0.3) is 0 Å². The van der Waals surface area contributed by atoms with Crippen molar-refractivity contribution in [1.82, 2.24) is 0 Å². The molecule has 2 aliphatic heterocycles. The van der Waals surface area contributed by atoms with Crippen LogP contribution in [0.3, 0.4) is 0 Å². The van der Waals surface area contributed by atoms with Crippen LogP contribution in [0.25, 0.3) is 0 Å². The van der Waals surface area contributed by atoms with Crippen molar-refractivity contribution in [3.05, 3.63) is 69.8 Å². The second-order valence-corrected chi connectivity index (χ2v) is 9.08. The van der Waals surface area contributed by atoms with Crippen LogP contribution < -0.4 is 0 Å². The van der Waals surface area contributed by atoms with Crippen LogP contribution in [0.5, 0.6) is 0 Å². The molecule has 36 heavy (non-hydrogen) atoms. The molecule has 0 saturated heterocycles. The van der Waals surface area contributed by atoms with Gasteiger partial charge in [-0.2, -0.15) is 0 Å². The van der Waals surface area contributed by atoms with E-state index in [-0.39, 0.29) is 58.4 Å². The molecule has 2 aromatic rings. The van der Waals surface area contributed by atoms with E-state index in [1.807, 2.05) is 0 Å². The van der Waals surface area contributed by atoms with Crippen LogP contribution in [0.1, 0.15) is 89.3 Å². The molecule has 1 atom stereocenters. The number of carbonyl (C=O) groups is 5. The van der Waals surface area contributed by atoms with E-state index >= 15 is 0 Å². The molecule has 10 heteroatoms. The fraction of sp³-hybridized carbons (Fsp3) is 0.346. The van der Waals surface area contributed by atoms with Gasteiger partial charge in [-0.25, -0.2) is 24.0 Å². The zero-order valence-electron chi connectivity index (χ0n) is 19.1. The first-order valence-electron chi connectivity index (χ1n) is 11.6. The Hall–Kier alpha value is -4.05. The molecular weight excluding hydrogens is 472 g/mol. The zero-order valence-corrected chi connectivity index (χ0v) is 19.1. The normalized spacial score (nSPS) is 22.4. The lowest BCUT2D eigenvalue weighted by molar-refractivity contribution is -0.0548. The highest BCUT2D eigenvalue weighted by Crippen LogP contribution is 2.31. The van der Waals surface area contributed by atoms with Gasteiger partial charge in [0.1, 0.15) is 0 Å². The second-order valence-electron chi connectivity index (χ2n) is 9.08. The number of esters is 5. The van der Waals surface area contributed by atoms with Crippen LogP contribution in [0.4, 0.5) is 0 Å². The quantitative estimate of drug-likeness (QED) is 0.362. The Labute approximate surface area is 205 Å². The average molecular weight is 494 g/mol. The van der Waals surface area contributed by atoms with Gasteiger partial charge in [-0.1, -0.05) is 0 Å². The molecule has 1 saturated carbocycles. The molecule has 186 valence electrons. The van der Waals surface area contributed by atoms with E-state index in [9.17, 15) is 29.1 Å². The third-order valence-electron chi connectivity index (χ3n) is 6.74. The molecule has 1 N–H and O–H groups in total. The summed E-state index contributed by atoms with van der Waals surface area (Å²) in [6, 6.07) is 8.42. The standard InChI is InChI=1S/C26H22O10/c27-21(15-5-7-17-19(9-15)25(31)35-23(17)29)33-11-13-1-2-14(4-3-13)12-34-22(28)16-6-8-18-20(10-16)26(32)36-24(18)30/h5-10,13-14,25,31H,1-4,11-12H2. The number of ether oxygens (including phenoxy) is 4. The highest BCUT2D eigenvalue weighted by Gasteiger charge is 2.32. The van der Waals surface area contributed by atoms with Crippen LogP contribution in [-0.4, -0.2) is 48.2 Å². The fourth-order valence-corrected chi connectivity index (χ4v) is 4.64. The molecule has 1 unspecified atom stereocenters. The van der Waals surface area contributed by atoms with Crippen molar-refractivity contribution >= 4 is 29.8 Å². The molecule has 3 aliphatic rings. The molecule has 0 bridgehead atoms. The van der Waals surface area contributed by atoms with E-state index in [1.54, 1.807) is 0 Å². The highest BCUT2D eigenvalue weighted by atomic mass is 16.6. The monoisotopic (exact) mass is 494 g/mol. The topological polar surface area (TPSA) is 142 Å². The van der Waals surface area contributed by atoms with Gasteiger partial charge in [0.15, 0.2) is 0 Å². The van der Waals surface area contributed by atoms with Crippen molar-refractivity contribution in [2.24, 2.45) is 11.8 Å². The third-order valence-corrected chi connectivity index (χ3v) is 6.74. The van der Waals surface area contributed by atoms with Crippen LogP contribution >= 0.6 is 0 Å². The van der Waals surface area contributed by atoms with Crippen molar-refractivity contribution in [3.63, 3.8) is 0 Å². The molecule has 5 rings (SSSR count). The summed E-state index contributed by atoms with van der Waals surface area (Å²) in [5.41, 5.74) is 1.08. The number of hydrogen-bond donors (Lipinski definition) is 1. The number of fused-ring (bicyclic) bond motifs is 2. The molecule has 1 fully saturated rings. The molecule has 0 aromatic heterocycles. The van der Waals surface area contributed by atoms with E-state index in [1.165, 1.54) is 36.4 Å². The lowest BCUT2D eigenvalue weighted by Crippen LogP contribution is -2.24. The van der Waals surface area contributed by atoms with E-state index < -0.39 is 36.1 Å². The predicted octanol–water partition coefficient (Wildman–Crippen LogP) is 2.98. The first-order chi connectivity index (χ1) is 17.3. The summed E-state index contributed by atoms with van der Waals surface area (Å²) in [6.07, 6.45) is 1.81. The van der Waals surface area contributed by atoms with Gasteiger partial charge in [0.2, 0.25) is 6.29 Å². The Kier molecular flexibility index (Phi) is 6.27. The van der Waals surface area contributed by atoms with Crippen LogP contribution in [0, 0.1) is 11.8 Å². The van der Waals surface area contributed by atoms with Crippen molar-refractivity contribution in [1.29, 1.82) is 0 Å². The van der Waals surface area contributed by atoms with Crippen molar-refractivity contribution < 1.29 is 48.0 Å². The number of benzene rings is 2. The molecule has 10 nitrogen and oxygen atoms in total. The lowest BCUT2D eigenvalue weighted by Gasteiger charge is -2.27. The highest BCUT2D eigenvalue weighted by molar-refractivity contribution is 6.15. The van der Waals surface area contributed by atoms with Crippen molar-refractivity contribution in [2.45, 2.75) is 32.0 Å².